The highest BCUT2D eigenvalue weighted by Crippen LogP contribution is 2.38. The van der Waals surface area contributed by atoms with Crippen LogP contribution in [-0.4, -0.2) is 34.8 Å². The van der Waals surface area contributed by atoms with Crippen molar-refractivity contribution in [3.8, 4) is 6.07 Å². The molecule has 1 spiro atoms. The maximum Gasteiger partial charge on any atom is 0.325 e. The highest BCUT2D eigenvalue weighted by molar-refractivity contribution is 6.10. The zero-order valence-electron chi connectivity index (χ0n) is 14.0. The van der Waals surface area contributed by atoms with E-state index in [4.69, 9.17) is 5.26 Å². The first-order chi connectivity index (χ1) is 12.0. The molecule has 1 heterocycles. The molecule has 2 atom stereocenters. The molecule has 0 bridgehead atoms. The summed E-state index contributed by atoms with van der Waals surface area (Å²) < 4.78 is 0. The van der Waals surface area contributed by atoms with Crippen molar-refractivity contribution < 1.29 is 14.4 Å². The number of amides is 4. The SMILES string of the molecule is CC1CCCCC12NC(=O)N(CC(=O)Nc1ccc(C#N)cc1)C2=O. The number of benzene rings is 1. The quantitative estimate of drug-likeness (QED) is 0.822. The maximum atomic E-state index is 12.8. The van der Waals surface area contributed by atoms with Crippen LogP contribution in [0.2, 0.25) is 0 Å². The summed E-state index contributed by atoms with van der Waals surface area (Å²) >= 11 is 0. The molecule has 1 aliphatic carbocycles. The van der Waals surface area contributed by atoms with Gasteiger partial charge in [-0.2, -0.15) is 5.26 Å². The van der Waals surface area contributed by atoms with E-state index in [9.17, 15) is 14.4 Å². The smallest absolute Gasteiger partial charge is 0.325 e. The van der Waals surface area contributed by atoms with Crippen LogP contribution in [0, 0.1) is 17.2 Å². The number of carbonyl (C=O) groups excluding carboxylic acids is 3. The zero-order chi connectivity index (χ0) is 18.0. The first-order valence-electron chi connectivity index (χ1n) is 8.40. The van der Waals surface area contributed by atoms with Crippen molar-refractivity contribution in [1.82, 2.24) is 10.2 Å². The molecule has 1 aromatic rings. The van der Waals surface area contributed by atoms with Crippen LogP contribution >= 0.6 is 0 Å². The van der Waals surface area contributed by atoms with Gasteiger partial charge < -0.3 is 10.6 Å². The van der Waals surface area contributed by atoms with Gasteiger partial charge in [-0.05, 0) is 43.0 Å². The number of nitrogens with zero attached hydrogens (tertiary/aromatic N) is 2. The highest BCUT2D eigenvalue weighted by atomic mass is 16.2. The number of anilines is 1. The van der Waals surface area contributed by atoms with E-state index in [2.05, 4.69) is 10.6 Å². The number of imide groups is 1. The van der Waals surface area contributed by atoms with Gasteiger partial charge in [-0.3, -0.25) is 14.5 Å². The van der Waals surface area contributed by atoms with E-state index in [1.165, 1.54) is 0 Å². The van der Waals surface area contributed by atoms with Crippen molar-refractivity contribution in [2.45, 2.75) is 38.1 Å². The van der Waals surface area contributed by atoms with Gasteiger partial charge in [0.15, 0.2) is 0 Å². The van der Waals surface area contributed by atoms with Crippen LogP contribution in [0.15, 0.2) is 24.3 Å². The van der Waals surface area contributed by atoms with Gasteiger partial charge in [0, 0.05) is 5.69 Å². The second kappa shape index (κ2) is 6.55. The number of urea groups is 1. The Morgan fingerprint density at radius 2 is 2.08 bits per heavy atom. The lowest BCUT2D eigenvalue weighted by molar-refractivity contribution is -0.136. The van der Waals surface area contributed by atoms with E-state index in [0.717, 1.165) is 24.2 Å². The molecule has 2 aliphatic rings. The van der Waals surface area contributed by atoms with E-state index in [1.807, 2.05) is 13.0 Å². The first-order valence-corrected chi connectivity index (χ1v) is 8.40. The van der Waals surface area contributed by atoms with E-state index < -0.39 is 17.5 Å². The van der Waals surface area contributed by atoms with Gasteiger partial charge in [-0.15, -0.1) is 0 Å². The first kappa shape index (κ1) is 17.0. The molecule has 1 saturated carbocycles. The van der Waals surface area contributed by atoms with Gasteiger partial charge in [0.2, 0.25) is 5.91 Å². The minimum Gasteiger partial charge on any atom is -0.325 e. The molecule has 2 unspecified atom stereocenters. The molecule has 3 rings (SSSR count). The molecule has 2 N–H and O–H groups in total. The Balaban J connectivity index is 1.67. The fourth-order valence-electron chi connectivity index (χ4n) is 3.61. The molecule has 25 heavy (non-hydrogen) atoms. The van der Waals surface area contributed by atoms with Crippen LogP contribution < -0.4 is 10.6 Å². The Hall–Kier alpha value is -2.88. The molecular weight excluding hydrogens is 320 g/mol. The third-order valence-electron chi connectivity index (χ3n) is 5.10. The van der Waals surface area contributed by atoms with Crippen molar-refractivity contribution in [2.75, 3.05) is 11.9 Å². The number of nitrogens with one attached hydrogen (secondary N) is 2. The van der Waals surface area contributed by atoms with Crippen LogP contribution in [-0.2, 0) is 9.59 Å². The Morgan fingerprint density at radius 3 is 2.72 bits per heavy atom. The molecular formula is C18H20N4O3. The van der Waals surface area contributed by atoms with Gasteiger partial charge in [-0.25, -0.2) is 4.79 Å². The Kier molecular flexibility index (Phi) is 4.45. The average molecular weight is 340 g/mol. The van der Waals surface area contributed by atoms with Gasteiger partial charge in [0.1, 0.15) is 12.1 Å². The second-order valence-corrected chi connectivity index (χ2v) is 6.68. The minimum atomic E-state index is -0.857. The topological polar surface area (TPSA) is 102 Å². The summed E-state index contributed by atoms with van der Waals surface area (Å²) in [4.78, 5) is 38.3. The summed E-state index contributed by atoms with van der Waals surface area (Å²) in [6, 6.07) is 7.87. The summed E-state index contributed by atoms with van der Waals surface area (Å²) in [6.07, 6.45) is 3.44. The zero-order valence-corrected chi connectivity index (χ0v) is 14.0. The van der Waals surface area contributed by atoms with Crippen LogP contribution in [0.1, 0.15) is 38.2 Å². The van der Waals surface area contributed by atoms with E-state index >= 15 is 0 Å². The molecule has 130 valence electrons. The van der Waals surface area contributed by atoms with Gasteiger partial charge in [-0.1, -0.05) is 19.8 Å². The van der Waals surface area contributed by atoms with Crippen molar-refractivity contribution in [3.05, 3.63) is 29.8 Å². The molecule has 4 amide bonds. The summed E-state index contributed by atoms with van der Waals surface area (Å²) in [7, 11) is 0. The van der Waals surface area contributed by atoms with Crippen LogP contribution in [0.4, 0.5) is 10.5 Å². The van der Waals surface area contributed by atoms with Crippen LogP contribution in [0.5, 0.6) is 0 Å². The van der Waals surface area contributed by atoms with Crippen molar-refractivity contribution in [3.63, 3.8) is 0 Å². The Morgan fingerprint density at radius 1 is 1.36 bits per heavy atom. The predicted molar refractivity (Wildman–Crippen MR) is 90.4 cm³/mol. The number of carbonyl (C=O) groups is 3. The fraction of sp³-hybridized carbons (Fsp3) is 0.444. The molecule has 1 aliphatic heterocycles. The normalized spacial score (nSPS) is 25.6. The molecule has 7 nitrogen and oxygen atoms in total. The lowest BCUT2D eigenvalue weighted by Gasteiger charge is -2.36. The number of hydrogen-bond donors (Lipinski definition) is 2. The van der Waals surface area contributed by atoms with Crippen molar-refractivity contribution in [2.24, 2.45) is 5.92 Å². The fourth-order valence-corrected chi connectivity index (χ4v) is 3.61. The highest BCUT2D eigenvalue weighted by Gasteiger charge is 2.55. The molecule has 1 saturated heterocycles. The standard InChI is InChI=1S/C18H20N4O3/c1-12-4-2-3-9-18(12)16(24)22(17(25)21-18)11-15(23)20-14-7-5-13(10-19)6-8-14/h5-8,12H,2-4,9,11H2,1H3,(H,20,23)(H,21,25). The van der Waals surface area contributed by atoms with Crippen molar-refractivity contribution >= 4 is 23.5 Å². The van der Waals surface area contributed by atoms with E-state index in [-0.39, 0.29) is 18.4 Å². The Bertz CT molecular complexity index is 753. The predicted octanol–water partition coefficient (Wildman–Crippen LogP) is 2.00. The largest absolute Gasteiger partial charge is 0.325 e. The molecule has 0 aromatic heterocycles. The maximum absolute atomic E-state index is 12.8. The lowest BCUT2D eigenvalue weighted by atomic mass is 9.73. The summed E-state index contributed by atoms with van der Waals surface area (Å²) in [5.74, 6) is -0.697. The minimum absolute atomic E-state index is 0.0595. The van der Waals surface area contributed by atoms with E-state index in [0.29, 0.717) is 17.7 Å². The molecule has 7 heteroatoms. The number of hydrogen-bond acceptors (Lipinski definition) is 4. The van der Waals surface area contributed by atoms with Crippen LogP contribution in [0.3, 0.4) is 0 Å². The number of rotatable bonds is 3. The lowest BCUT2D eigenvalue weighted by Crippen LogP contribution is -2.54. The van der Waals surface area contributed by atoms with Crippen molar-refractivity contribution in [1.29, 1.82) is 5.26 Å². The van der Waals surface area contributed by atoms with Crippen LogP contribution in [0.25, 0.3) is 0 Å². The second-order valence-electron chi connectivity index (χ2n) is 6.68. The molecule has 2 fully saturated rings. The molecule has 0 radical (unpaired) electrons. The monoisotopic (exact) mass is 340 g/mol. The summed E-state index contributed by atoms with van der Waals surface area (Å²) in [6.45, 7) is 1.65. The third kappa shape index (κ3) is 3.07. The van der Waals surface area contributed by atoms with E-state index in [1.54, 1.807) is 24.3 Å². The summed E-state index contributed by atoms with van der Waals surface area (Å²) in [5, 5.41) is 14.2. The molecule has 1 aromatic carbocycles. The number of nitriles is 1. The van der Waals surface area contributed by atoms with Gasteiger partial charge >= 0.3 is 6.03 Å². The van der Waals surface area contributed by atoms with Gasteiger partial charge in [0.05, 0.1) is 11.6 Å². The van der Waals surface area contributed by atoms with Gasteiger partial charge in [0.25, 0.3) is 5.91 Å². The Labute approximate surface area is 146 Å². The third-order valence-corrected chi connectivity index (χ3v) is 5.10. The summed E-state index contributed by atoms with van der Waals surface area (Å²) in [5.41, 5.74) is 0.140. The average Bonchev–Trinajstić information content (AvgIpc) is 2.83.